The van der Waals surface area contributed by atoms with E-state index in [1.807, 2.05) is 4.90 Å². The van der Waals surface area contributed by atoms with Crippen molar-refractivity contribution in [1.82, 2.24) is 15.1 Å². The number of piperazine rings is 1. The molecule has 2 aliphatic rings. The molecular formula is C20H29N3O4. The van der Waals surface area contributed by atoms with Crippen molar-refractivity contribution >= 4 is 11.8 Å². The lowest BCUT2D eigenvalue weighted by atomic mass is 10.1. The van der Waals surface area contributed by atoms with Gasteiger partial charge in [0.25, 0.3) is 5.91 Å². The normalized spacial score (nSPS) is 19.7. The molecule has 1 aromatic rings. The second kappa shape index (κ2) is 9.71. The number of carbonyl (C=O) groups is 2. The van der Waals surface area contributed by atoms with Gasteiger partial charge < -0.3 is 24.6 Å². The van der Waals surface area contributed by atoms with Crippen molar-refractivity contribution in [3.8, 4) is 5.75 Å². The number of benzene rings is 1. The first-order chi connectivity index (χ1) is 13.2. The van der Waals surface area contributed by atoms with Gasteiger partial charge in [-0.05, 0) is 37.1 Å². The molecule has 148 valence electrons. The average molecular weight is 375 g/mol. The topological polar surface area (TPSA) is 71.1 Å². The molecule has 0 saturated carbocycles. The number of carbonyl (C=O) groups excluding carboxylic acids is 2. The number of amides is 2. The highest BCUT2D eigenvalue weighted by molar-refractivity contribution is 5.94. The van der Waals surface area contributed by atoms with Crippen LogP contribution in [0.2, 0.25) is 0 Å². The van der Waals surface area contributed by atoms with Crippen molar-refractivity contribution < 1.29 is 19.1 Å². The highest BCUT2D eigenvalue weighted by Crippen LogP contribution is 2.17. The summed E-state index contributed by atoms with van der Waals surface area (Å²) >= 11 is 0. The van der Waals surface area contributed by atoms with Gasteiger partial charge in [0.1, 0.15) is 5.75 Å². The molecule has 1 N–H and O–H groups in total. The largest absolute Gasteiger partial charge is 0.497 e. The van der Waals surface area contributed by atoms with E-state index in [2.05, 4.69) is 5.32 Å². The van der Waals surface area contributed by atoms with Crippen molar-refractivity contribution in [2.24, 2.45) is 0 Å². The zero-order valence-electron chi connectivity index (χ0n) is 16.0. The molecule has 1 atom stereocenters. The van der Waals surface area contributed by atoms with Crippen molar-refractivity contribution in [3.63, 3.8) is 0 Å². The van der Waals surface area contributed by atoms with Crippen LogP contribution in [0.1, 0.15) is 29.6 Å². The first kappa shape index (κ1) is 19.6. The number of methoxy groups -OCH3 is 1. The van der Waals surface area contributed by atoms with Crippen LogP contribution in [-0.4, -0.2) is 80.7 Å². The molecule has 3 rings (SSSR count). The van der Waals surface area contributed by atoms with Crippen LogP contribution >= 0.6 is 0 Å². The highest BCUT2D eigenvalue weighted by atomic mass is 16.5. The summed E-state index contributed by atoms with van der Waals surface area (Å²) in [5.41, 5.74) is 0.600. The molecule has 0 aromatic heterocycles. The number of nitrogens with zero attached hydrogens (tertiary/aromatic N) is 2. The van der Waals surface area contributed by atoms with E-state index in [1.165, 1.54) is 0 Å². The van der Waals surface area contributed by atoms with E-state index in [1.54, 1.807) is 36.3 Å². The van der Waals surface area contributed by atoms with Crippen LogP contribution in [0, 0.1) is 0 Å². The van der Waals surface area contributed by atoms with E-state index in [0.717, 1.165) is 45.6 Å². The molecule has 2 aliphatic heterocycles. The van der Waals surface area contributed by atoms with E-state index in [0.29, 0.717) is 30.8 Å². The summed E-state index contributed by atoms with van der Waals surface area (Å²) in [6.45, 7) is 4.81. The van der Waals surface area contributed by atoms with Crippen LogP contribution in [0.15, 0.2) is 24.3 Å². The van der Waals surface area contributed by atoms with Gasteiger partial charge in [-0.3, -0.25) is 9.59 Å². The number of ether oxygens (including phenoxy) is 2. The smallest absolute Gasteiger partial charge is 0.253 e. The van der Waals surface area contributed by atoms with Crippen LogP contribution in [0.25, 0.3) is 0 Å². The third-order valence-electron chi connectivity index (χ3n) is 5.14. The van der Waals surface area contributed by atoms with Crippen molar-refractivity contribution in [3.05, 3.63) is 29.8 Å². The standard InChI is InChI=1S/C20H29N3O4/c1-26-17-6-4-16(5-7-17)20(25)23(15-18-3-2-14-27-18)11-8-19(24)22-12-9-21-10-13-22/h4-7,18,21H,2-3,8-15H2,1H3. The molecule has 2 saturated heterocycles. The summed E-state index contributed by atoms with van der Waals surface area (Å²) in [6, 6.07) is 7.09. The number of hydrogen-bond donors (Lipinski definition) is 1. The average Bonchev–Trinajstić information content (AvgIpc) is 3.24. The fourth-order valence-corrected chi connectivity index (χ4v) is 3.53. The van der Waals surface area contributed by atoms with Gasteiger partial charge in [0.05, 0.1) is 13.2 Å². The van der Waals surface area contributed by atoms with Gasteiger partial charge in [-0.2, -0.15) is 0 Å². The molecule has 0 spiro atoms. The predicted octanol–water partition coefficient (Wildman–Crippen LogP) is 1.14. The lowest BCUT2D eigenvalue weighted by Gasteiger charge is -2.30. The highest BCUT2D eigenvalue weighted by Gasteiger charge is 2.25. The van der Waals surface area contributed by atoms with E-state index in [9.17, 15) is 9.59 Å². The second-order valence-electron chi connectivity index (χ2n) is 7.00. The first-order valence-electron chi connectivity index (χ1n) is 9.71. The molecule has 0 aliphatic carbocycles. The molecule has 0 radical (unpaired) electrons. The van der Waals surface area contributed by atoms with Gasteiger partial charge in [0, 0.05) is 57.9 Å². The summed E-state index contributed by atoms with van der Waals surface area (Å²) in [4.78, 5) is 29.1. The summed E-state index contributed by atoms with van der Waals surface area (Å²) in [5, 5.41) is 3.25. The fraction of sp³-hybridized carbons (Fsp3) is 0.600. The minimum Gasteiger partial charge on any atom is -0.497 e. The minimum absolute atomic E-state index is 0.0569. The summed E-state index contributed by atoms with van der Waals surface area (Å²) in [5.74, 6) is 0.753. The Hall–Kier alpha value is -2.12. The lowest BCUT2D eigenvalue weighted by Crippen LogP contribution is -2.47. The molecule has 2 fully saturated rings. The van der Waals surface area contributed by atoms with Gasteiger partial charge in [-0.1, -0.05) is 0 Å². The van der Waals surface area contributed by atoms with Crippen LogP contribution in [0.5, 0.6) is 5.75 Å². The third kappa shape index (κ3) is 5.43. The molecule has 1 aromatic carbocycles. The van der Waals surface area contributed by atoms with Crippen LogP contribution < -0.4 is 10.1 Å². The van der Waals surface area contributed by atoms with E-state index >= 15 is 0 Å². The van der Waals surface area contributed by atoms with Crippen LogP contribution in [0.3, 0.4) is 0 Å². The summed E-state index contributed by atoms with van der Waals surface area (Å²) in [6.07, 6.45) is 2.38. The Kier molecular flexibility index (Phi) is 7.06. The van der Waals surface area contributed by atoms with Gasteiger partial charge in [0.2, 0.25) is 5.91 Å². The maximum absolute atomic E-state index is 13.0. The molecule has 1 unspecified atom stereocenters. The first-order valence-corrected chi connectivity index (χ1v) is 9.71. The van der Waals surface area contributed by atoms with Gasteiger partial charge in [-0.15, -0.1) is 0 Å². The Morgan fingerprint density at radius 3 is 2.63 bits per heavy atom. The third-order valence-corrected chi connectivity index (χ3v) is 5.14. The van der Waals surface area contributed by atoms with E-state index in [-0.39, 0.29) is 17.9 Å². The molecular weight excluding hydrogens is 346 g/mol. The second-order valence-corrected chi connectivity index (χ2v) is 7.00. The monoisotopic (exact) mass is 375 g/mol. The Morgan fingerprint density at radius 1 is 1.26 bits per heavy atom. The quantitative estimate of drug-likeness (QED) is 0.774. The SMILES string of the molecule is COc1ccc(C(=O)N(CCC(=O)N2CCNCC2)CC2CCCO2)cc1. The molecule has 2 amide bonds. The Bertz CT molecular complexity index is 623. The zero-order valence-corrected chi connectivity index (χ0v) is 16.0. The van der Waals surface area contributed by atoms with Gasteiger partial charge in [0.15, 0.2) is 0 Å². The van der Waals surface area contributed by atoms with Crippen molar-refractivity contribution in [1.29, 1.82) is 0 Å². The molecule has 2 heterocycles. The number of rotatable bonds is 7. The fourth-order valence-electron chi connectivity index (χ4n) is 3.53. The predicted molar refractivity (Wildman–Crippen MR) is 102 cm³/mol. The maximum Gasteiger partial charge on any atom is 0.253 e. The Balaban J connectivity index is 1.63. The maximum atomic E-state index is 13.0. The minimum atomic E-state index is -0.0683. The van der Waals surface area contributed by atoms with E-state index < -0.39 is 0 Å². The number of nitrogens with one attached hydrogen (secondary N) is 1. The number of hydrogen-bond acceptors (Lipinski definition) is 5. The van der Waals surface area contributed by atoms with Crippen molar-refractivity contribution in [2.75, 3.05) is 53.0 Å². The Morgan fingerprint density at radius 2 is 2.00 bits per heavy atom. The summed E-state index contributed by atoms with van der Waals surface area (Å²) in [7, 11) is 1.60. The zero-order chi connectivity index (χ0) is 19.1. The van der Waals surface area contributed by atoms with Gasteiger partial charge >= 0.3 is 0 Å². The lowest BCUT2D eigenvalue weighted by molar-refractivity contribution is -0.132. The molecule has 7 nitrogen and oxygen atoms in total. The van der Waals surface area contributed by atoms with Crippen LogP contribution in [0.4, 0.5) is 0 Å². The van der Waals surface area contributed by atoms with Crippen molar-refractivity contribution in [2.45, 2.75) is 25.4 Å². The summed E-state index contributed by atoms with van der Waals surface area (Å²) < 4.78 is 10.9. The molecule has 7 heteroatoms. The van der Waals surface area contributed by atoms with E-state index in [4.69, 9.17) is 9.47 Å². The molecule has 27 heavy (non-hydrogen) atoms. The Labute approximate surface area is 160 Å². The van der Waals surface area contributed by atoms with Crippen LogP contribution in [-0.2, 0) is 9.53 Å². The van der Waals surface area contributed by atoms with Gasteiger partial charge in [-0.25, -0.2) is 0 Å². The molecule has 0 bridgehead atoms.